The molecular formula is C10H11FO3. The first kappa shape index (κ1) is 10.5. The third kappa shape index (κ3) is 3.05. The van der Waals surface area contributed by atoms with E-state index in [4.69, 9.17) is 10.2 Å². The fourth-order valence-corrected chi connectivity index (χ4v) is 1.17. The minimum absolute atomic E-state index is 0.0281. The average molecular weight is 198 g/mol. The van der Waals surface area contributed by atoms with Gasteiger partial charge in [-0.15, -0.1) is 0 Å². The van der Waals surface area contributed by atoms with Crippen LogP contribution in [0.1, 0.15) is 18.4 Å². The van der Waals surface area contributed by atoms with Gasteiger partial charge in [-0.3, -0.25) is 4.79 Å². The maximum atomic E-state index is 13.1. The van der Waals surface area contributed by atoms with Gasteiger partial charge in [-0.2, -0.15) is 0 Å². The number of hydrogen-bond donors (Lipinski definition) is 2. The van der Waals surface area contributed by atoms with Crippen molar-refractivity contribution in [2.75, 3.05) is 0 Å². The van der Waals surface area contributed by atoms with Gasteiger partial charge in [-0.1, -0.05) is 6.07 Å². The standard InChI is InChI=1S/C10H11FO3/c11-9-6-8(12)5-4-7(9)2-1-3-10(13)14/h4-6,12H,1-3H2,(H,13,14). The second-order valence-corrected chi connectivity index (χ2v) is 3.02. The molecule has 1 aromatic rings. The van der Waals surface area contributed by atoms with Crippen LogP contribution in [-0.4, -0.2) is 16.2 Å². The Labute approximate surface area is 80.8 Å². The summed E-state index contributed by atoms with van der Waals surface area (Å²) in [6, 6.07) is 3.88. The predicted octanol–water partition coefficient (Wildman–Crippen LogP) is 1.94. The Balaban J connectivity index is 2.55. The molecule has 2 N–H and O–H groups in total. The Kier molecular flexibility index (Phi) is 3.45. The average Bonchev–Trinajstić information content (AvgIpc) is 2.08. The lowest BCUT2D eigenvalue weighted by Crippen LogP contribution is -1.97. The van der Waals surface area contributed by atoms with Crippen molar-refractivity contribution in [1.29, 1.82) is 0 Å². The molecular weight excluding hydrogens is 187 g/mol. The molecule has 4 heteroatoms. The third-order valence-corrected chi connectivity index (χ3v) is 1.87. The molecule has 0 saturated carbocycles. The molecule has 0 aliphatic heterocycles. The maximum Gasteiger partial charge on any atom is 0.303 e. The van der Waals surface area contributed by atoms with E-state index in [1.165, 1.54) is 12.1 Å². The third-order valence-electron chi connectivity index (χ3n) is 1.87. The first-order valence-corrected chi connectivity index (χ1v) is 4.29. The number of phenols is 1. The van der Waals surface area contributed by atoms with Crippen molar-refractivity contribution < 1.29 is 19.4 Å². The number of halogens is 1. The van der Waals surface area contributed by atoms with E-state index in [2.05, 4.69) is 0 Å². The summed E-state index contributed by atoms with van der Waals surface area (Å²) in [6.45, 7) is 0. The SMILES string of the molecule is O=C(O)CCCc1ccc(O)cc1F. The molecule has 0 saturated heterocycles. The molecule has 0 spiro atoms. The second kappa shape index (κ2) is 4.60. The molecule has 0 aliphatic carbocycles. The molecule has 1 rings (SSSR count). The fourth-order valence-electron chi connectivity index (χ4n) is 1.17. The van der Waals surface area contributed by atoms with Gasteiger partial charge < -0.3 is 10.2 Å². The van der Waals surface area contributed by atoms with Crippen molar-refractivity contribution in [1.82, 2.24) is 0 Å². The second-order valence-electron chi connectivity index (χ2n) is 3.02. The first-order valence-electron chi connectivity index (χ1n) is 4.29. The molecule has 14 heavy (non-hydrogen) atoms. The summed E-state index contributed by atoms with van der Waals surface area (Å²) >= 11 is 0. The smallest absolute Gasteiger partial charge is 0.303 e. The van der Waals surface area contributed by atoms with Crippen LogP contribution in [-0.2, 0) is 11.2 Å². The van der Waals surface area contributed by atoms with Crippen molar-refractivity contribution in [3.05, 3.63) is 29.6 Å². The van der Waals surface area contributed by atoms with Crippen LogP contribution >= 0.6 is 0 Å². The molecule has 0 bridgehead atoms. The van der Waals surface area contributed by atoms with Crippen molar-refractivity contribution in [3.8, 4) is 5.75 Å². The lowest BCUT2D eigenvalue weighted by atomic mass is 10.1. The van der Waals surface area contributed by atoms with E-state index in [9.17, 15) is 9.18 Å². The number of carboxylic acid groups (broad SMARTS) is 1. The highest BCUT2D eigenvalue weighted by Gasteiger charge is 2.04. The minimum atomic E-state index is -0.885. The molecule has 76 valence electrons. The highest BCUT2D eigenvalue weighted by molar-refractivity contribution is 5.66. The van der Waals surface area contributed by atoms with Gasteiger partial charge in [0.2, 0.25) is 0 Å². The van der Waals surface area contributed by atoms with Gasteiger partial charge in [0.1, 0.15) is 11.6 Å². The molecule has 3 nitrogen and oxygen atoms in total. The number of aliphatic carboxylic acids is 1. The summed E-state index contributed by atoms with van der Waals surface area (Å²) in [4.78, 5) is 10.2. The largest absolute Gasteiger partial charge is 0.508 e. The van der Waals surface area contributed by atoms with Gasteiger partial charge in [-0.25, -0.2) is 4.39 Å². The van der Waals surface area contributed by atoms with E-state index in [-0.39, 0.29) is 12.2 Å². The van der Waals surface area contributed by atoms with Crippen LogP contribution in [0, 0.1) is 5.82 Å². The lowest BCUT2D eigenvalue weighted by Gasteiger charge is -2.01. The van der Waals surface area contributed by atoms with Crippen molar-refractivity contribution >= 4 is 5.97 Å². The van der Waals surface area contributed by atoms with Crippen LogP contribution in [0.3, 0.4) is 0 Å². The van der Waals surface area contributed by atoms with Crippen LogP contribution in [0.2, 0.25) is 0 Å². The molecule has 0 radical (unpaired) electrons. The molecule has 0 amide bonds. The molecule has 0 atom stereocenters. The minimum Gasteiger partial charge on any atom is -0.508 e. The zero-order valence-electron chi connectivity index (χ0n) is 7.53. The van der Waals surface area contributed by atoms with Crippen molar-refractivity contribution in [3.63, 3.8) is 0 Å². The van der Waals surface area contributed by atoms with Crippen LogP contribution in [0.4, 0.5) is 4.39 Å². The summed E-state index contributed by atoms with van der Waals surface area (Å²) in [7, 11) is 0. The van der Waals surface area contributed by atoms with Gasteiger partial charge in [0.05, 0.1) is 0 Å². The zero-order chi connectivity index (χ0) is 10.6. The van der Waals surface area contributed by atoms with E-state index in [1.807, 2.05) is 0 Å². The summed E-state index contributed by atoms with van der Waals surface area (Å²) in [5.41, 5.74) is 0.434. The predicted molar refractivity (Wildman–Crippen MR) is 48.6 cm³/mol. The van der Waals surface area contributed by atoms with Crippen LogP contribution in [0.15, 0.2) is 18.2 Å². The Hall–Kier alpha value is -1.58. The molecule has 0 fully saturated rings. The monoisotopic (exact) mass is 198 g/mol. The molecule has 0 aromatic heterocycles. The first-order chi connectivity index (χ1) is 6.59. The number of rotatable bonds is 4. The number of benzene rings is 1. The Morgan fingerprint density at radius 2 is 2.14 bits per heavy atom. The molecule has 0 heterocycles. The number of phenolic OH excluding ortho intramolecular Hbond substituents is 1. The highest BCUT2D eigenvalue weighted by Crippen LogP contribution is 2.16. The number of carbonyl (C=O) groups is 1. The molecule has 1 aromatic carbocycles. The van der Waals surface area contributed by atoms with E-state index in [0.717, 1.165) is 6.07 Å². The van der Waals surface area contributed by atoms with Crippen molar-refractivity contribution in [2.24, 2.45) is 0 Å². The Bertz CT molecular complexity index is 336. The number of aryl methyl sites for hydroxylation is 1. The molecule has 0 unspecified atom stereocenters. The quantitative estimate of drug-likeness (QED) is 0.777. The Morgan fingerprint density at radius 1 is 1.43 bits per heavy atom. The van der Waals surface area contributed by atoms with Crippen LogP contribution in [0.5, 0.6) is 5.75 Å². The van der Waals surface area contributed by atoms with Gasteiger partial charge in [0.15, 0.2) is 0 Å². The Morgan fingerprint density at radius 3 is 2.71 bits per heavy atom. The number of carboxylic acids is 1. The topological polar surface area (TPSA) is 57.5 Å². The fraction of sp³-hybridized carbons (Fsp3) is 0.300. The van der Waals surface area contributed by atoms with Crippen molar-refractivity contribution in [2.45, 2.75) is 19.3 Å². The van der Waals surface area contributed by atoms with Crippen LogP contribution < -0.4 is 0 Å². The maximum absolute atomic E-state index is 13.1. The van der Waals surface area contributed by atoms with Gasteiger partial charge in [0, 0.05) is 12.5 Å². The van der Waals surface area contributed by atoms with Crippen LogP contribution in [0.25, 0.3) is 0 Å². The van der Waals surface area contributed by atoms with E-state index >= 15 is 0 Å². The van der Waals surface area contributed by atoms with E-state index < -0.39 is 11.8 Å². The van der Waals surface area contributed by atoms with Gasteiger partial charge in [0.25, 0.3) is 0 Å². The normalized spacial score (nSPS) is 10.1. The highest BCUT2D eigenvalue weighted by atomic mass is 19.1. The van der Waals surface area contributed by atoms with E-state index in [0.29, 0.717) is 18.4 Å². The number of hydrogen-bond acceptors (Lipinski definition) is 2. The lowest BCUT2D eigenvalue weighted by molar-refractivity contribution is -0.137. The summed E-state index contributed by atoms with van der Waals surface area (Å²) < 4.78 is 13.1. The van der Waals surface area contributed by atoms with Gasteiger partial charge >= 0.3 is 5.97 Å². The summed E-state index contributed by atoms with van der Waals surface area (Å²) in [5.74, 6) is -1.50. The summed E-state index contributed by atoms with van der Waals surface area (Å²) in [6.07, 6.45) is 0.801. The van der Waals surface area contributed by atoms with Gasteiger partial charge in [-0.05, 0) is 24.5 Å². The summed E-state index contributed by atoms with van der Waals surface area (Å²) in [5, 5.41) is 17.3. The molecule has 0 aliphatic rings. The number of aromatic hydroxyl groups is 1. The van der Waals surface area contributed by atoms with E-state index in [1.54, 1.807) is 0 Å². The zero-order valence-corrected chi connectivity index (χ0v) is 7.53.